The van der Waals surface area contributed by atoms with Gasteiger partial charge < -0.3 is 9.80 Å². The summed E-state index contributed by atoms with van der Waals surface area (Å²) in [5, 5.41) is 0.968. The maximum atomic E-state index is 6.01. The lowest BCUT2D eigenvalue weighted by Gasteiger charge is -2.33. The van der Waals surface area contributed by atoms with E-state index in [1.807, 2.05) is 0 Å². The average Bonchev–Trinajstić information content (AvgIpc) is 2.88. The van der Waals surface area contributed by atoms with Crippen molar-refractivity contribution in [1.29, 1.82) is 0 Å². The average molecular weight is 337 g/mol. The number of fused-ring (bicyclic) bond motifs is 1. The van der Waals surface area contributed by atoms with E-state index in [9.17, 15) is 0 Å². The Morgan fingerprint density at radius 1 is 0.750 bits per heavy atom. The molecule has 2 aromatic carbocycles. The van der Waals surface area contributed by atoms with Crippen LogP contribution in [0.4, 0.5) is 11.4 Å². The van der Waals surface area contributed by atoms with Crippen molar-refractivity contribution in [3.8, 4) is 0 Å². The summed E-state index contributed by atoms with van der Waals surface area (Å²) in [5.74, 6) is 0. The first-order valence-corrected chi connectivity index (χ1v) is 9.33. The first-order chi connectivity index (χ1) is 11.7. The third kappa shape index (κ3) is 2.42. The lowest BCUT2D eigenvalue weighted by atomic mass is 9.89. The van der Waals surface area contributed by atoms with E-state index in [0.717, 1.165) is 5.11 Å². The highest BCUT2D eigenvalue weighted by Crippen LogP contribution is 2.41. The number of hydrogen-bond acceptors (Lipinski definition) is 1. The molecule has 0 radical (unpaired) electrons. The Hall–Kier alpha value is -1.87. The number of anilines is 2. The first-order valence-electron chi connectivity index (χ1n) is 8.92. The molecule has 1 heterocycles. The van der Waals surface area contributed by atoms with Crippen molar-refractivity contribution in [3.05, 3.63) is 59.7 Å². The van der Waals surface area contributed by atoms with E-state index in [2.05, 4.69) is 72.2 Å². The largest absolute Gasteiger partial charge is 0.313 e. The molecular weight excluding hydrogens is 312 g/mol. The van der Waals surface area contributed by atoms with Gasteiger partial charge in [-0.2, -0.15) is 0 Å². The molecule has 1 aliphatic heterocycles. The highest BCUT2D eigenvalue weighted by molar-refractivity contribution is 7.80. The fraction of sp³-hybridized carbons (Fsp3) is 0.381. The van der Waals surface area contributed by atoms with Gasteiger partial charge in [-0.1, -0.05) is 49.2 Å². The van der Waals surface area contributed by atoms with Crippen LogP contribution in [0.25, 0.3) is 0 Å². The molecule has 0 bridgehead atoms. The smallest absolute Gasteiger partial charge is 0.181 e. The monoisotopic (exact) mass is 336 g/mol. The zero-order valence-corrected chi connectivity index (χ0v) is 15.2. The van der Waals surface area contributed by atoms with Gasteiger partial charge in [0.2, 0.25) is 0 Å². The standard InChI is InChI=1S/C21H24N2S/c1-15-9-3-5-11-17(15)22-19-13-7-8-14-20(19)23(21(22)24)18-12-6-4-10-16(18)2/h3-6,9-12,19-20H,7-8,13-14H2,1-2H3. The SMILES string of the molecule is Cc1ccccc1N1C(=S)N(c2ccccc2C)C2CCCCC21. The highest BCUT2D eigenvalue weighted by Gasteiger charge is 2.46. The van der Waals surface area contributed by atoms with Crippen molar-refractivity contribution < 1.29 is 0 Å². The van der Waals surface area contributed by atoms with E-state index in [-0.39, 0.29) is 0 Å². The van der Waals surface area contributed by atoms with Crippen LogP contribution in [0.1, 0.15) is 36.8 Å². The molecule has 1 aliphatic carbocycles. The minimum absolute atomic E-state index is 0.493. The van der Waals surface area contributed by atoms with E-state index in [1.165, 1.54) is 48.2 Å². The van der Waals surface area contributed by atoms with Crippen molar-refractivity contribution in [2.24, 2.45) is 0 Å². The van der Waals surface area contributed by atoms with Crippen LogP contribution in [-0.2, 0) is 0 Å². The van der Waals surface area contributed by atoms with Gasteiger partial charge in [-0.05, 0) is 62.2 Å². The number of hydrogen-bond donors (Lipinski definition) is 0. The molecule has 2 nitrogen and oxygen atoms in total. The zero-order valence-electron chi connectivity index (χ0n) is 14.4. The van der Waals surface area contributed by atoms with Crippen molar-refractivity contribution in [1.82, 2.24) is 0 Å². The summed E-state index contributed by atoms with van der Waals surface area (Å²) >= 11 is 6.01. The topological polar surface area (TPSA) is 6.48 Å². The van der Waals surface area contributed by atoms with Gasteiger partial charge in [0.1, 0.15) is 0 Å². The molecule has 0 amide bonds. The molecule has 4 rings (SSSR count). The molecule has 2 unspecified atom stereocenters. The van der Waals surface area contributed by atoms with Crippen molar-refractivity contribution >= 4 is 28.7 Å². The summed E-state index contributed by atoms with van der Waals surface area (Å²) in [7, 11) is 0. The summed E-state index contributed by atoms with van der Waals surface area (Å²) in [4.78, 5) is 4.86. The molecule has 1 saturated carbocycles. The predicted octanol–water partition coefficient (Wildman–Crippen LogP) is 5.23. The third-order valence-corrected chi connectivity index (χ3v) is 5.91. The van der Waals surface area contributed by atoms with Gasteiger partial charge in [0.15, 0.2) is 5.11 Å². The van der Waals surface area contributed by atoms with Crippen LogP contribution in [0.5, 0.6) is 0 Å². The lowest BCUT2D eigenvalue weighted by Crippen LogP contribution is -2.40. The van der Waals surface area contributed by atoms with Crippen LogP contribution in [0.15, 0.2) is 48.5 Å². The van der Waals surface area contributed by atoms with E-state index in [4.69, 9.17) is 12.2 Å². The predicted molar refractivity (Wildman–Crippen MR) is 106 cm³/mol. The van der Waals surface area contributed by atoms with Crippen LogP contribution >= 0.6 is 12.2 Å². The summed E-state index contributed by atoms with van der Waals surface area (Å²) in [5.41, 5.74) is 5.15. The van der Waals surface area contributed by atoms with E-state index >= 15 is 0 Å². The normalized spacial score (nSPS) is 23.5. The van der Waals surface area contributed by atoms with Gasteiger partial charge in [-0.25, -0.2) is 0 Å². The van der Waals surface area contributed by atoms with Crippen molar-refractivity contribution in [2.75, 3.05) is 9.80 Å². The fourth-order valence-corrected chi connectivity index (χ4v) is 4.79. The molecule has 0 N–H and O–H groups in total. The minimum atomic E-state index is 0.493. The second-order valence-electron chi connectivity index (χ2n) is 7.01. The maximum absolute atomic E-state index is 6.01. The summed E-state index contributed by atoms with van der Waals surface area (Å²) in [6, 6.07) is 18.3. The molecule has 2 aromatic rings. The molecule has 1 saturated heterocycles. The Kier molecular flexibility index (Phi) is 4.05. The Morgan fingerprint density at radius 3 is 1.58 bits per heavy atom. The molecule has 124 valence electrons. The number of aryl methyl sites for hydroxylation is 2. The molecule has 2 fully saturated rings. The summed E-state index contributed by atoms with van der Waals surface area (Å²) < 4.78 is 0. The van der Waals surface area contributed by atoms with E-state index in [1.54, 1.807) is 0 Å². The summed E-state index contributed by atoms with van der Waals surface area (Å²) in [6.07, 6.45) is 5.05. The summed E-state index contributed by atoms with van der Waals surface area (Å²) in [6.45, 7) is 4.37. The number of para-hydroxylation sites is 2. The molecule has 3 heteroatoms. The Morgan fingerprint density at radius 2 is 1.17 bits per heavy atom. The van der Waals surface area contributed by atoms with Crippen molar-refractivity contribution in [2.45, 2.75) is 51.6 Å². The minimum Gasteiger partial charge on any atom is -0.313 e. The molecule has 2 atom stereocenters. The first kappa shape index (κ1) is 15.6. The van der Waals surface area contributed by atoms with Crippen molar-refractivity contribution in [3.63, 3.8) is 0 Å². The number of benzene rings is 2. The van der Waals surface area contributed by atoms with Crippen LogP contribution in [0.3, 0.4) is 0 Å². The number of rotatable bonds is 2. The Balaban J connectivity index is 1.81. The molecule has 24 heavy (non-hydrogen) atoms. The van der Waals surface area contributed by atoms with E-state index < -0.39 is 0 Å². The number of thiocarbonyl (C=S) groups is 1. The molecular formula is C21H24N2S. The second kappa shape index (κ2) is 6.21. The quantitative estimate of drug-likeness (QED) is 0.694. The van der Waals surface area contributed by atoms with Gasteiger partial charge >= 0.3 is 0 Å². The molecule has 0 aromatic heterocycles. The Bertz CT molecular complexity index is 706. The third-order valence-electron chi connectivity index (χ3n) is 5.52. The van der Waals surface area contributed by atoms with E-state index in [0.29, 0.717) is 12.1 Å². The second-order valence-corrected chi connectivity index (χ2v) is 7.38. The van der Waals surface area contributed by atoms with Crippen LogP contribution in [0, 0.1) is 13.8 Å². The van der Waals surface area contributed by atoms with Crippen LogP contribution in [0.2, 0.25) is 0 Å². The van der Waals surface area contributed by atoms with Gasteiger partial charge in [-0.15, -0.1) is 0 Å². The van der Waals surface area contributed by atoms with Crippen LogP contribution < -0.4 is 9.80 Å². The maximum Gasteiger partial charge on any atom is 0.181 e. The lowest BCUT2D eigenvalue weighted by molar-refractivity contribution is 0.409. The van der Waals surface area contributed by atoms with Gasteiger partial charge in [0.05, 0.1) is 12.1 Å². The Labute approximate surface area is 150 Å². The molecule has 2 aliphatic rings. The highest BCUT2D eigenvalue weighted by atomic mass is 32.1. The fourth-order valence-electron chi connectivity index (χ4n) is 4.32. The zero-order chi connectivity index (χ0) is 16.7. The molecule has 0 spiro atoms. The van der Waals surface area contributed by atoms with Gasteiger partial charge in [-0.3, -0.25) is 0 Å². The number of nitrogens with zero attached hydrogens (tertiary/aromatic N) is 2. The van der Waals surface area contributed by atoms with Gasteiger partial charge in [0, 0.05) is 11.4 Å². The van der Waals surface area contributed by atoms with Gasteiger partial charge in [0.25, 0.3) is 0 Å². The van der Waals surface area contributed by atoms with Crippen LogP contribution in [-0.4, -0.2) is 17.2 Å².